The van der Waals surface area contributed by atoms with Gasteiger partial charge in [0.2, 0.25) is 0 Å². The van der Waals surface area contributed by atoms with Gasteiger partial charge in [0.25, 0.3) is 0 Å². The maximum absolute atomic E-state index is 11.9. The predicted octanol–water partition coefficient (Wildman–Crippen LogP) is 1.40. The monoisotopic (exact) mass is 266 g/mol. The Labute approximate surface area is 114 Å². The van der Waals surface area contributed by atoms with Crippen LogP contribution in [-0.4, -0.2) is 49.4 Å². The lowest BCUT2D eigenvalue weighted by Crippen LogP contribution is -2.42. The Bertz CT molecular complexity index is 370. The third-order valence-electron chi connectivity index (χ3n) is 2.93. The van der Waals surface area contributed by atoms with Gasteiger partial charge in [-0.3, -0.25) is 0 Å². The van der Waals surface area contributed by atoms with Gasteiger partial charge in [-0.05, 0) is 12.5 Å². The number of likely N-dealkylation sites (N-methyl/N-ethyl adjacent to an activating group) is 1. The van der Waals surface area contributed by atoms with Crippen LogP contribution in [0, 0.1) is 0 Å². The highest BCUT2D eigenvalue weighted by atomic mass is 16.5. The molecular formula is C14H22N2O3. The Morgan fingerprint density at radius 1 is 1.42 bits per heavy atom. The summed E-state index contributed by atoms with van der Waals surface area (Å²) >= 11 is 0. The quantitative estimate of drug-likeness (QED) is 0.784. The molecule has 1 unspecified atom stereocenters. The van der Waals surface area contributed by atoms with Crippen LogP contribution in [0.2, 0.25) is 0 Å². The molecule has 1 atom stereocenters. The van der Waals surface area contributed by atoms with Crippen molar-refractivity contribution < 1.29 is 14.6 Å². The van der Waals surface area contributed by atoms with Crippen molar-refractivity contribution >= 4 is 6.03 Å². The van der Waals surface area contributed by atoms with E-state index in [1.54, 1.807) is 12.0 Å². The number of amides is 2. The first-order valence-corrected chi connectivity index (χ1v) is 6.44. The molecule has 1 aromatic rings. The van der Waals surface area contributed by atoms with Crippen molar-refractivity contribution in [3.05, 3.63) is 35.9 Å². The van der Waals surface area contributed by atoms with Gasteiger partial charge in [-0.15, -0.1) is 0 Å². The molecule has 5 nitrogen and oxygen atoms in total. The first-order chi connectivity index (χ1) is 9.22. The minimum absolute atomic E-state index is 0.0341. The number of methoxy groups -OCH3 is 1. The van der Waals surface area contributed by atoms with E-state index >= 15 is 0 Å². The molecule has 0 aliphatic carbocycles. The van der Waals surface area contributed by atoms with E-state index in [1.807, 2.05) is 37.3 Å². The van der Waals surface area contributed by atoms with Crippen molar-refractivity contribution in [2.24, 2.45) is 0 Å². The minimum Gasteiger partial charge on any atom is -0.395 e. The van der Waals surface area contributed by atoms with E-state index in [0.29, 0.717) is 19.6 Å². The normalized spacial score (nSPS) is 11.9. The van der Waals surface area contributed by atoms with E-state index in [9.17, 15) is 4.79 Å². The van der Waals surface area contributed by atoms with Gasteiger partial charge in [0.05, 0.1) is 12.7 Å². The summed E-state index contributed by atoms with van der Waals surface area (Å²) < 4.78 is 5.38. The molecule has 0 aromatic heterocycles. The topological polar surface area (TPSA) is 61.8 Å². The molecule has 1 rings (SSSR count). The summed E-state index contributed by atoms with van der Waals surface area (Å²) in [6.45, 7) is 3.15. The molecule has 0 fully saturated rings. The first-order valence-electron chi connectivity index (χ1n) is 6.44. The molecule has 0 heterocycles. The molecular weight excluding hydrogens is 244 g/mol. The van der Waals surface area contributed by atoms with Crippen LogP contribution < -0.4 is 5.32 Å². The van der Waals surface area contributed by atoms with E-state index < -0.39 is 0 Å². The number of carbonyl (C=O) groups excluding carboxylic acids is 1. The summed E-state index contributed by atoms with van der Waals surface area (Å²) in [5.41, 5.74) is 1.02. The number of nitrogens with one attached hydrogen (secondary N) is 1. The van der Waals surface area contributed by atoms with Gasteiger partial charge in [0.15, 0.2) is 0 Å². The molecule has 0 saturated carbocycles. The van der Waals surface area contributed by atoms with Crippen LogP contribution in [0.5, 0.6) is 0 Å². The van der Waals surface area contributed by atoms with Gasteiger partial charge < -0.3 is 20.1 Å². The second-order valence-electron chi connectivity index (χ2n) is 4.12. The number of benzene rings is 1. The fourth-order valence-electron chi connectivity index (χ4n) is 1.82. The highest BCUT2D eigenvalue weighted by Gasteiger charge is 2.14. The molecule has 2 N–H and O–H groups in total. The van der Waals surface area contributed by atoms with E-state index in [-0.39, 0.29) is 18.7 Å². The van der Waals surface area contributed by atoms with Gasteiger partial charge >= 0.3 is 6.03 Å². The number of urea groups is 1. The molecule has 0 aliphatic heterocycles. The zero-order chi connectivity index (χ0) is 14.1. The van der Waals surface area contributed by atoms with E-state index in [1.165, 1.54) is 0 Å². The van der Waals surface area contributed by atoms with Crippen LogP contribution in [0.4, 0.5) is 4.79 Å². The van der Waals surface area contributed by atoms with Gasteiger partial charge in [0.1, 0.15) is 0 Å². The Morgan fingerprint density at radius 2 is 2.11 bits per heavy atom. The third-order valence-corrected chi connectivity index (χ3v) is 2.93. The average Bonchev–Trinajstić information content (AvgIpc) is 2.46. The van der Waals surface area contributed by atoms with Gasteiger partial charge in [-0.2, -0.15) is 0 Å². The Kier molecular flexibility index (Phi) is 6.92. The third kappa shape index (κ3) is 4.89. The van der Waals surface area contributed by atoms with Gasteiger partial charge in [0, 0.05) is 26.7 Å². The molecule has 0 bridgehead atoms. The summed E-state index contributed by atoms with van der Waals surface area (Å²) in [5, 5.41) is 11.7. The number of carbonyl (C=O) groups is 1. The van der Waals surface area contributed by atoms with Gasteiger partial charge in [-0.1, -0.05) is 30.3 Å². The number of hydrogen-bond acceptors (Lipinski definition) is 3. The second kappa shape index (κ2) is 8.50. The molecule has 1 aromatic carbocycles. The van der Waals surface area contributed by atoms with Gasteiger partial charge in [-0.25, -0.2) is 4.79 Å². The number of nitrogens with zero attached hydrogens (tertiary/aromatic N) is 1. The minimum atomic E-state index is -0.186. The lowest BCUT2D eigenvalue weighted by molar-refractivity contribution is 0.101. The molecule has 106 valence electrons. The van der Waals surface area contributed by atoms with Crippen molar-refractivity contribution in [1.29, 1.82) is 0 Å². The number of ether oxygens (including phenoxy) is 1. The molecule has 19 heavy (non-hydrogen) atoms. The fraction of sp³-hybridized carbons (Fsp3) is 0.500. The maximum Gasteiger partial charge on any atom is 0.317 e. The van der Waals surface area contributed by atoms with Crippen molar-refractivity contribution in [2.75, 3.05) is 33.4 Å². The van der Waals surface area contributed by atoms with Crippen molar-refractivity contribution in [3.8, 4) is 0 Å². The fourth-order valence-corrected chi connectivity index (χ4v) is 1.82. The van der Waals surface area contributed by atoms with Crippen molar-refractivity contribution in [1.82, 2.24) is 10.2 Å². The van der Waals surface area contributed by atoms with E-state index in [4.69, 9.17) is 9.84 Å². The zero-order valence-electron chi connectivity index (χ0n) is 11.5. The second-order valence-corrected chi connectivity index (χ2v) is 4.12. The molecule has 0 aliphatic rings. The van der Waals surface area contributed by atoms with Crippen molar-refractivity contribution in [2.45, 2.75) is 13.0 Å². The molecule has 5 heteroatoms. The zero-order valence-corrected chi connectivity index (χ0v) is 11.5. The summed E-state index contributed by atoms with van der Waals surface area (Å²) in [5.74, 6) is 0. The summed E-state index contributed by atoms with van der Waals surface area (Å²) in [6, 6.07) is 9.56. The lowest BCUT2D eigenvalue weighted by atomic mass is 10.1. The van der Waals surface area contributed by atoms with Crippen LogP contribution in [0.15, 0.2) is 30.3 Å². The molecule has 2 amide bonds. The number of aliphatic hydroxyl groups is 1. The highest BCUT2D eigenvalue weighted by molar-refractivity contribution is 5.74. The Hall–Kier alpha value is -1.59. The van der Waals surface area contributed by atoms with E-state index in [2.05, 4.69) is 5.32 Å². The summed E-state index contributed by atoms with van der Waals surface area (Å²) in [6.07, 6.45) is -0.169. The average molecular weight is 266 g/mol. The van der Waals surface area contributed by atoms with E-state index in [0.717, 1.165) is 5.56 Å². The smallest absolute Gasteiger partial charge is 0.317 e. The van der Waals surface area contributed by atoms with Crippen LogP contribution in [0.3, 0.4) is 0 Å². The SMILES string of the molecule is CCN(CCO)C(=O)NCC(OC)c1ccccc1. The van der Waals surface area contributed by atoms with Crippen LogP contribution in [-0.2, 0) is 4.74 Å². The molecule has 0 spiro atoms. The highest BCUT2D eigenvalue weighted by Crippen LogP contribution is 2.14. The number of aliphatic hydroxyl groups excluding tert-OH is 1. The summed E-state index contributed by atoms with van der Waals surface area (Å²) in [4.78, 5) is 13.4. The van der Waals surface area contributed by atoms with Crippen molar-refractivity contribution in [3.63, 3.8) is 0 Å². The Morgan fingerprint density at radius 3 is 2.63 bits per heavy atom. The molecule has 0 saturated heterocycles. The van der Waals surface area contributed by atoms with Crippen LogP contribution in [0.1, 0.15) is 18.6 Å². The lowest BCUT2D eigenvalue weighted by Gasteiger charge is -2.22. The Balaban J connectivity index is 2.52. The molecule has 0 radical (unpaired) electrons. The maximum atomic E-state index is 11.9. The standard InChI is InChI=1S/C14H22N2O3/c1-3-16(9-10-17)14(18)15-11-13(19-2)12-7-5-4-6-8-12/h4-8,13,17H,3,9-11H2,1-2H3,(H,15,18). The largest absolute Gasteiger partial charge is 0.395 e. The van der Waals surface area contributed by atoms with Crippen LogP contribution in [0.25, 0.3) is 0 Å². The van der Waals surface area contributed by atoms with Crippen LogP contribution >= 0.6 is 0 Å². The number of hydrogen-bond donors (Lipinski definition) is 2. The first kappa shape index (κ1) is 15.5. The number of rotatable bonds is 7. The predicted molar refractivity (Wildman–Crippen MR) is 73.9 cm³/mol. The summed E-state index contributed by atoms with van der Waals surface area (Å²) in [7, 11) is 1.62.